The van der Waals surface area contributed by atoms with E-state index in [9.17, 15) is 9.18 Å². The number of hydrogen-bond donors (Lipinski definition) is 1. The van der Waals surface area contributed by atoms with E-state index in [0.717, 1.165) is 23.6 Å². The van der Waals surface area contributed by atoms with Crippen molar-refractivity contribution in [2.24, 2.45) is 0 Å². The molecule has 20 heavy (non-hydrogen) atoms. The molecule has 4 nitrogen and oxygen atoms in total. The van der Waals surface area contributed by atoms with Gasteiger partial charge in [-0.25, -0.2) is 4.39 Å². The number of thioether (sulfide) groups is 1. The summed E-state index contributed by atoms with van der Waals surface area (Å²) in [5.41, 5.74) is 0.759. The van der Waals surface area contributed by atoms with Crippen molar-refractivity contribution in [1.82, 2.24) is 4.90 Å². The number of nitrogens with zero attached hydrogens (tertiary/aromatic N) is 1. The maximum absolute atomic E-state index is 13.4. The summed E-state index contributed by atoms with van der Waals surface area (Å²) in [6.07, 6.45) is 0.116. The molecule has 1 aromatic carbocycles. The molecule has 1 heterocycles. The third-order valence-corrected chi connectivity index (χ3v) is 4.47. The molecular formula is C14H18FNO3S. The molecule has 1 fully saturated rings. The molecule has 0 amide bonds. The molecule has 1 aromatic rings. The van der Waals surface area contributed by atoms with Crippen molar-refractivity contribution in [3.63, 3.8) is 0 Å². The maximum atomic E-state index is 13.4. The molecule has 1 N–H and O–H groups in total. The normalized spacial score (nSPS) is 19.8. The predicted octanol–water partition coefficient (Wildman–Crippen LogP) is 2.23. The van der Waals surface area contributed by atoms with Crippen LogP contribution in [-0.4, -0.2) is 47.2 Å². The van der Waals surface area contributed by atoms with Crippen molar-refractivity contribution in [3.8, 4) is 5.75 Å². The Balaban J connectivity index is 2.13. The third-order valence-electron chi connectivity index (χ3n) is 3.38. The fourth-order valence-electron chi connectivity index (χ4n) is 2.38. The summed E-state index contributed by atoms with van der Waals surface area (Å²) >= 11 is 1.76. The number of carboxylic acids is 1. The minimum absolute atomic E-state index is 0.0146. The van der Waals surface area contributed by atoms with Gasteiger partial charge in [-0.05, 0) is 18.2 Å². The SMILES string of the molecule is COc1ccc(F)cc1CN1CCSCC1CC(=O)O. The van der Waals surface area contributed by atoms with Crippen molar-refractivity contribution in [1.29, 1.82) is 0 Å². The van der Waals surface area contributed by atoms with Crippen molar-refractivity contribution < 1.29 is 19.0 Å². The first kappa shape index (κ1) is 15.1. The molecule has 1 saturated heterocycles. The van der Waals surface area contributed by atoms with Gasteiger partial charge in [-0.3, -0.25) is 9.69 Å². The average molecular weight is 299 g/mol. The van der Waals surface area contributed by atoms with Gasteiger partial charge in [-0.15, -0.1) is 0 Å². The number of ether oxygens (including phenoxy) is 1. The van der Waals surface area contributed by atoms with Gasteiger partial charge in [-0.2, -0.15) is 11.8 Å². The highest BCUT2D eigenvalue weighted by Gasteiger charge is 2.25. The van der Waals surface area contributed by atoms with Crippen LogP contribution in [0.4, 0.5) is 4.39 Å². The van der Waals surface area contributed by atoms with Gasteiger partial charge in [-0.1, -0.05) is 0 Å². The number of benzene rings is 1. The summed E-state index contributed by atoms with van der Waals surface area (Å²) < 4.78 is 18.6. The molecule has 110 valence electrons. The topological polar surface area (TPSA) is 49.8 Å². The molecule has 1 aliphatic heterocycles. The summed E-state index contributed by atoms with van der Waals surface area (Å²) in [7, 11) is 1.55. The minimum Gasteiger partial charge on any atom is -0.496 e. The number of carboxylic acid groups (broad SMARTS) is 1. The summed E-state index contributed by atoms with van der Waals surface area (Å²) in [6, 6.07) is 4.41. The van der Waals surface area contributed by atoms with Crippen LogP contribution in [0.15, 0.2) is 18.2 Å². The third kappa shape index (κ3) is 3.86. The smallest absolute Gasteiger partial charge is 0.304 e. The number of rotatable bonds is 5. The van der Waals surface area contributed by atoms with E-state index in [4.69, 9.17) is 9.84 Å². The fraction of sp³-hybridized carbons (Fsp3) is 0.500. The zero-order valence-electron chi connectivity index (χ0n) is 11.3. The molecule has 6 heteroatoms. The highest BCUT2D eigenvalue weighted by molar-refractivity contribution is 7.99. The first-order chi connectivity index (χ1) is 9.60. The molecule has 0 radical (unpaired) electrons. The molecule has 1 atom stereocenters. The number of methoxy groups -OCH3 is 1. The quantitative estimate of drug-likeness (QED) is 0.903. The van der Waals surface area contributed by atoms with Gasteiger partial charge in [0.1, 0.15) is 11.6 Å². The average Bonchev–Trinajstić information content (AvgIpc) is 2.41. The Kier molecular flexibility index (Phi) is 5.25. The van der Waals surface area contributed by atoms with Crippen molar-refractivity contribution >= 4 is 17.7 Å². The lowest BCUT2D eigenvalue weighted by Gasteiger charge is -2.34. The Morgan fingerprint density at radius 1 is 1.60 bits per heavy atom. The van der Waals surface area contributed by atoms with Gasteiger partial charge in [0.25, 0.3) is 0 Å². The predicted molar refractivity (Wildman–Crippen MR) is 76.7 cm³/mol. The lowest BCUT2D eigenvalue weighted by atomic mass is 10.1. The molecule has 0 aromatic heterocycles. The number of hydrogen-bond acceptors (Lipinski definition) is 4. The molecule has 0 bridgehead atoms. The van der Waals surface area contributed by atoms with Crippen LogP contribution in [0.5, 0.6) is 5.75 Å². The van der Waals surface area contributed by atoms with Crippen LogP contribution >= 0.6 is 11.8 Å². The number of carbonyl (C=O) groups is 1. The first-order valence-electron chi connectivity index (χ1n) is 6.46. The van der Waals surface area contributed by atoms with Gasteiger partial charge < -0.3 is 9.84 Å². The zero-order chi connectivity index (χ0) is 14.5. The lowest BCUT2D eigenvalue weighted by Crippen LogP contribution is -2.43. The van der Waals surface area contributed by atoms with Crippen molar-refractivity contribution in [3.05, 3.63) is 29.6 Å². The Morgan fingerprint density at radius 3 is 3.10 bits per heavy atom. The van der Waals surface area contributed by atoms with E-state index >= 15 is 0 Å². The van der Waals surface area contributed by atoms with Crippen molar-refractivity contribution in [2.75, 3.05) is 25.2 Å². The Hall–Kier alpha value is -1.27. The second-order valence-corrected chi connectivity index (χ2v) is 5.90. The van der Waals surface area contributed by atoms with Gasteiger partial charge in [0.05, 0.1) is 13.5 Å². The van der Waals surface area contributed by atoms with E-state index in [0.29, 0.717) is 12.3 Å². The Bertz CT molecular complexity index is 483. The molecule has 0 aliphatic carbocycles. The second-order valence-electron chi connectivity index (χ2n) is 4.75. The van der Waals surface area contributed by atoms with E-state index in [2.05, 4.69) is 4.90 Å². The van der Waals surface area contributed by atoms with E-state index in [1.165, 1.54) is 12.1 Å². The Labute approximate surface area is 121 Å². The van der Waals surface area contributed by atoms with Crippen LogP contribution in [0.2, 0.25) is 0 Å². The zero-order valence-corrected chi connectivity index (χ0v) is 12.2. The van der Waals surface area contributed by atoms with Crippen LogP contribution in [-0.2, 0) is 11.3 Å². The summed E-state index contributed by atoms with van der Waals surface area (Å²) in [4.78, 5) is 13.0. The molecule has 1 aliphatic rings. The highest BCUT2D eigenvalue weighted by Crippen LogP contribution is 2.26. The van der Waals surface area contributed by atoms with Gasteiger partial charge in [0.2, 0.25) is 0 Å². The molecule has 2 rings (SSSR count). The highest BCUT2D eigenvalue weighted by atomic mass is 32.2. The van der Waals surface area contributed by atoms with Gasteiger partial charge in [0, 0.05) is 36.2 Å². The molecule has 0 saturated carbocycles. The number of halogens is 1. The van der Waals surface area contributed by atoms with Crippen LogP contribution in [0, 0.1) is 5.82 Å². The van der Waals surface area contributed by atoms with Crippen molar-refractivity contribution in [2.45, 2.75) is 19.0 Å². The molecule has 1 unspecified atom stereocenters. The van der Waals surface area contributed by atoms with Gasteiger partial charge >= 0.3 is 5.97 Å². The van der Waals surface area contributed by atoms with E-state index < -0.39 is 5.97 Å². The van der Waals surface area contributed by atoms with Crippen LogP contribution in [0.25, 0.3) is 0 Å². The summed E-state index contributed by atoms with van der Waals surface area (Å²) in [6.45, 7) is 1.32. The van der Waals surface area contributed by atoms with Crippen LogP contribution in [0.3, 0.4) is 0 Å². The number of aliphatic carboxylic acids is 1. The standard InChI is InChI=1S/C14H18FNO3S/c1-19-13-3-2-11(15)6-10(13)8-16-4-5-20-9-12(16)7-14(17)18/h2-3,6,12H,4-5,7-9H2,1H3,(H,17,18). The lowest BCUT2D eigenvalue weighted by molar-refractivity contribution is -0.138. The second kappa shape index (κ2) is 6.95. The summed E-state index contributed by atoms with van der Waals surface area (Å²) in [5.74, 6) is 1.30. The van der Waals surface area contributed by atoms with Crippen LogP contribution < -0.4 is 4.74 Å². The maximum Gasteiger partial charge on any atom is 0.304 e. The van der Waals surface area contributed by atoms with E-state index in [-0.39, 0.29) is 18.3 Å². The van der Waals surface area contributed by atoms with E-state index in [1.807, 2.05) is 0 Å². The molecule has 0 spiro atoms. The Morgan fingerprint density at radius 2 is 2.40 bits per heavy atom. The summed E-state index contributed by atoms with van der Waals surface area (Å²) in [5, 5.41) is 8.97. The monoisotopic (exact) mass is 299 g/mol. The van der Waals surface area contributed by atoms with E-state index in [1.54, 1.807) is 24.9 Å². The minimum atomic E-state index is -0.797. The molecular weight excluding hydrogens is 281 g/mol. The van der Waals surface area contributed by atoms with Crippen LogP contribution in [0.1, 0.15) is 12.0 Å². The largest absolute Gasteiger partial charge is 0.496 e. The fourth-order valence-corrected chi connectivity index (χ4v) is 3.51. The first-order valence-corrected chi connectivity index (χ1v) is 7.61. The van der Waals surface area contributed by atoms with Gasteiger partial charge in [0.15, 0.2) is 0 Å².